The molecular weight excluding hydrogens is 364 g/mol. The molecule has 4 rings (SSSR count). The number of hydrogen-bond donors (Lipinski definition) is 1. The van der Waals surface area contributed by atoms with Gasteiger partial charge in [0.15, 0.2) is 0 Å². The van der Waals surface area contributed by atoms with E-state index in [2.05, 4.69) is 11.1 Å². The summed E-state index contributed by atoms with van der Waals surface area (Å²) in [4.78, 5) is 19.1. The van der Waals surface area contributed by atoms with E-state index in [0.29, 0.717) is 13.0 Å². The zero-order valence-corrected chi connectivity index (χ0v) is 16.7. The van der Waals surface area contributed by atoms with Crippen LogP contribution in [-0.2, 0) is 22.6 Å². The van der Waals surface area contributed by atoms with Crippen LogP contribution in [0.3, 0.4) is 0 Å². The number of aromatic nitrogens is 2. The van der Waals surface area contributed by atoms with Gasteiger partial charge < -0.3 is 19.9 Å². The number of nitrogens with zero attached hydrogens (tertiary/aromatic N) is 3. The molecule has 4 bridgehead atoms. The van der Waals surface area contributed by atoms with Gasteiger partial charge in [-0.2, -0.15) is 0 Å². The molecule has 0 radical (unpaired) electrons. The second kappa shape index (κ2) is 8.19. The fraction of sp³-hybridized carbons (Fsp3) is 0.304. The smallest absolute Gasteiger partial charge is 0.239 e. The van der Waals surface area contributed by atoms with Crippen molar-refractivity contribution < 1.29 is 9.53 Å². The van der Waals surface area contributed by atoms with E-state index in [1.54, 1.807) is 18.3 Å². The van der Waals surface area contributed by atoms with Crippen molar-refractivity contribution in [2.45, 2.75) is 38.1 Å². The number of carbonyl (C=O) groups is 1. The monoisotopic (exact) mass is 390 g/mol. The molecule has 6 heteroatoms. The summed E-state index contributed by atoms with van der Waals surface area (Å²) in [6, 6.07) is 17.4. The third-order valence-corrected chi connectivity index (χ3v) is 5.55. The maximum atomic E-state index is 13.0. The third-order valence-electron chi connectivity index (χ3n) is 5.55. The van der Waals surface area contributed by atoms with Gasteiger partial charge in [0.2, 0.25) is 5.91 Å². The molecule has 0 spiro atoms. The fourth-order valence-electron chi connectivity index (χ4n) is 3.74. The van der Waals surface area contributed by atoms with Crippen LogP contribution in [0.25, 0.3) is 5.69 Å². The average molecular weight is 390 g/mol. The van der Waals surface area contributed by atoms with Crippen LogP contribution < -0.4 is 5.73 Å². The van der Waals surface area contributed by atoms with Crippen molar-refractivity contribution in [2.75, 3.05) is 7.05 Å². The van der Waals surface area contributed by atoms with Gasteiger partial charge in [-0.15, -0.1) is 0 Å². The van der Waals surface area contributed by atoms with Gasteiger partial charge >= 0.3 is 0 Å². The molecule has 1 aromatic heterocycles. The Hall–Kier alpha value is -2.96. The van der Waals surface area contributed by atoms with Gasteiger partial charge in [-0.1, -0.05) is 42.5 Å². The molecule has 2 aromatic carbocycles. The Labute approximate surface area is 170 Å². The molecule has 6 nitrogen and oxygen atoms in total. The molecule has 0 saturated heterocycles. The van der Waals surface area contributed by atoms with E-state index in [9.17, 15) is 4.79 Å². The van der Waals surface area contributed by atoms with Crippen LogP contribution in [-0.4, -0.2) is 39.5 Å². The molecule has 0 fully saturated rings. The van der Waals surface area contributed by atoms with E-state index >= 15 is 0 Å². The highest BCUT2D eigenvalue weighted by Gasteiger charge is 2.30. The molecule has 1 amide bonds. The highest BCUT2D eigenvalue weighted by atomic mass is 16.5. The van der Waals surface area contributed by atoms with Crippen molar-refractivity contribution in [2.24, 2.45) is 5.73 Å². The van der Waals surface area contributed by atoms with E-state index in [1.807, 2.05) is 66.2 Å². The zero-order chi connectivity index (χ0) is 20.4. The molecule has 2 heterocycles. The number of hydrogen-bond acceptors (Lipinski definition) is 4. The van der Waals surface area contributed by atoms with E-state index in [-0.39, 0.29) is 18.1 Å². The first-order valence-corrected chi connectivity index (χ1v) is 9.84. The maximum absolute atomic E-state index is 13.0. The largest absolute Gasteiger partial charge is 0.367 e. The lowest BCUT2D eigenvalue weighted by Crippen LogP contribution is -2.48. The van der Waals surface area contributed by atoms with Crippen LogP contribution in [0.1, 0.15) is 29.8 Å². The van der Waals surface area contributed by atoms with Gasteiger partial charge in [-0.05, 0) is 30.2 Å². The second-order valence-corrected chi connectivity index (χ2v) is 7.58. The van der Waals surface area contributed by atoms with Gasteiger partial charge in [0.05, 0.1) is 30.7 Å². The molecule has 3 atom stereocenters. The summed E-state index contributed by atoms with van der Waals surface area (Å²) in [7, 11) is 1.79. The minimum absolute atomic E-state index is 0.118. The van der Waals surface area contributed by atoms with Crippen LogP contribution in [0.5, 0.6) is 0 Å². The number of imidazole rings is 1. The number of ether oxygens (including phenoxy) is 1. The summed E-state index contributed by atoms with van der Waals surface area (Å²) in [6.07, 6.45) is 3.80. The summed E-state index contributed by atoms with van der Waals surface area (Å²) in [6.45, 7) is 2.44. The molecule has 150 valence electrons. The summed E-state index contributed by atoms with van der Waals surface area (Å²) in [5.74, 6) is -0.118. The minimum Gasteiger partial charge on any atom is -0.367 e. The molecule has 0 unspecified atom stereocenters. The van der Waals surface area contributed by atoms with Gasteiger partial charge in [0, 0.05) is 25.4 Å². The van der Waals surface area contributed by atoms with Crippen LogP contribution >= 0.6 is 0 Å². The number of benzene rings is 2. The van der Waals surface area contributed by atoms with Crippen molar-refractivity contribution in [1.29, 1.82) is 0 Å². The lowest BCUT2D eigenvalue weighted by molar-refractivity contribution is -0.136. The van der Waals surface area contributed by atoms with Crippen molar-refractivity contribution >= 4 is 5.91 Å². The maximum Gasteiger partial charge on any atom is 0.239 e. The van der Waals surface area contributed by atoms with Crippen molar-refractivity contribution in [3.8, 4) is 5.69 Å². The Morgan fingerprint density at radius 2 is 1.93 bits per heavy atom. The Kier molecular flexibility index (Phi) is 5.47. The van der Waals surface area contributed by atoms with Gasteiger partial charge in [-0.3, -0.25) is 4.79 Å². The Morgan fingerprint density at radius 3 is 2.72 bits per heavy atom. The van der Waals surface area contributed by atoms with E-state index in [1.165, 1.54) is 0 Å². The highest BCUT2D eigenvalue weighted by Crippen LogP contribution is 2.27. The SMILES string of the molecule is C[C@@H]1[C@H](c2ccccc2)OCc2cccc(c2)-n2cnc(c2)C[C@H](N)C(=O)N1C. The van der Waals surface area contributed by atoms with Crippen LogP contribution in [0.15, 0.2) is 67.1 Å². The van der Waals surface area contributed by atoms with E-state index in [0.717, 1.165) is 22.5 Å². The van der Waals surface area contributed by atoms with Gasteiger partial charge in [-0.25, -0.2) is 4.98 Å². The first kappa shape index (κ1) is 19.4. The topological polar surface area (TPSA) is 73.4 Å². The van der Waals surface area contributed by atoms with Crippen molar-refractivity contribution in [1.82, 2.24) is 14.5 Å². The average Bonchev–Trinajstić information content (AvgIpc) is 3.21. The number of fused-ring (bicyclic) bond motifs is 5. The Bertz CT molecular complexity index is 985. The van der Waals surface area contributed by atoms with Gasteiger partial charge in [0.1, 0.15) is 6.10 Å². The van der Waals surface area contributed by atoms with Crippen molar-refractivity contribution in [3.05, 3.63) is 83.9 Å². The van der Waals surface area contributed by atoms with Crippen LogP contribution in [0.4, 0.5) is 0 Å². The normalized spacial score (nSPS) is 22.9. The van der Waals surface area contributed by atoms with Crippen LogP contribution in [0.2, 0.25) is 0 Å². The predicted octanol–water partition coefficient (Wildman–Crippen LogP) is 2.86. The molecular formula is C23H26N4O2. The standard InChI is InChI=1S/C23H26N4O2/c1-16-22(18-8-4-3-5-9-18)29-14-17-7-6-10-20(11-17)27-13-19(25-15-27)12-21(24)23(28)26(16)2/h3-11,13,15-16,21-22H,12,14,24H2,1-2H3/t16-,21+,22-/m1/s1. The van der Waals surface area contributed by atoms with E-state index in [4.69, 9.17) is 10.5 Å². The number of amides is 1. The predicted molar refractivity (Wildman–Crippen MR) is 111 cm³/mol. The Balaban J connectivity index is 1.74. The van der Waals surface area contributed by atoms with Gasteiger partial charge in [0.25, 0.3) is 0 Å². The second-order valence-electron chi connectivity index (χ2n) is 7.58. The number of likely N-dealkylation sites (N-methyl/N-ethyl adjacent to an activating group) is 1. The zero-order valence-electron chi connectivity index (χ0n) is 16.7. The molecule has 1 aliphatic heterocycles. The lowest BCUT2D eigenvalue weighted by atomic mass is 10.0. The summed E-state index contributed by atoms with van der Waals surface area (Å²) in [5, 5.41) is 0. The molecule has 0 saturated carbocycles. The quantitative estimate of drug-likeness (QED) is 0.693. The van der Waals surface area contributed by atoms with Crippen molar-refractivity contribution in [3.63, 3.8) is 0 Å². The molecule has 3 aromatic rings. The first-order chi connectivity index (χ1) is 14.0. The summed E-state index contributed by atoms with van der Waals surface area (Å²) in [5.41, 5.74) is 10.1. The summed E-state index contributed by atoms with van der Waals surface area (Å²) >= 11 is 0. The molecule has 2 N–H and O–H groups in total. The lowest BCUT2D eigenvalue weighted by Gasteiger charge is -2.34. The number of nitrogens with two attached hydrogens (primary N) is 1. The van der Waals surface area contributed by atoms with Crippen LogP contribution in [0, 0.1) is 0 Å². The highest BCUT2D eigenvalue weighted by molar-refractivity contribution is 5.82. The van der Waals surface area contributed by atoms with E-state index < -0.39 is 6.04 Å². The minimum atomic E-state index is -0.656. The first-order valence-electron chi connectivity index (χ1n) is 9.84. The summed E-state index contributed by atoms with van der Waals surface area (Å²) < 4.78 is 8.30. The molecule has 1 aliphatic rings. The number of carbonyl (C=O) groups excluding carboxylic acids is 1. The fourth-order valence-corrected chi connectivity index (χ4v) is 3.74. The number of rotatable bonds is 1. The Morgan fingerprint density at radius 1 is 1.14 bits per heavy atom. The molecule has 29 heavy (non-hydrogen) atoms. The molecule has 0 aliphatic carbocycles. The third kappa shape index (κ3) is 4.09.